The highest BCUT2D eigenvalue weighted by molar-refractivity contribution is 6.31. The summed E-state index contributed by atoms with van der Waals surface area (Å²) < 4.78 is 0. The van der Waals surface area contributed by atoms with E-state index in [1.807, 2.05) is 12.1 Å². The summed E-state index contributed by atoms with van der Waals surface area (Å²) in [6, 6.07) is 8.96. The van der Waals surface area contributed by atoms with E-state index in [-0.39, 0.29) is 0 Å². The quantitative estimate of drug-likeness (QED) is 0.891. The van der Waals surface area contributed by atoms with Gasteiger partial charge in [0.15, 0.2) is 0 Å². The van der Waals surface area contributed by atoms with Crippen LogP contribution in [0.15, 0.2) is 24.3 Å². The first-order valence-electron chi connectivity index (χ1n) is 7.76. The number of hydrogen-bond donors (Lipinski definition) is 1. The molecule has 2 saturated carbocycles. The van der Waals surface area contributed by atoms with Crippen molar-refractivity contribution in [3.05, 3.63) is 34.9 Å². The number of halogens is 1. The molecule has 0 aromatic heterocycles. The number of nitrogens with zero attached hydrogens (tertiary/aromatic N) is 1. The lowest BCUT2D eigenvalue weighted by Crippen LogP contribution is -2.58. The van der Waals surface area contributed by atoms with Crippen molar-refractivity contribution in [3.8, 4) is 0 Å². The van der Waals surface area contributed by atoms with Crippen LogP contribution in [0.4, 0.5) is 0 Å². The SMILES string of the molecule is CN(C)C1(CNC2CC(c3ccccc3Cl)C2)CCC1. The molecule has 0 heterocycles. The average molecular weight is 293 g/mol. The van der Waals surface area contributed by atoms with Gasteiger partial charge in [0.2, 0.25) is 0 Å². The third kappa shape index (κ3) is 2.61. The Morgan fingerprint density at radius 2 is 1.95 bits per heavy atom. The number of likely N-dealkylation sites (N-methyl/N-ethyl adjacent to an activating group) is 1. The van der Waals surface area contributed by atoms with Crippen LogP contribution >= 0.6 is 11.6 Å². The maximum Gasteiger partial charge on any atom is 0.0440 e. The van der Waals surface area contributed by atoms with Crippen LogP contribution in [0, 0.1) is 0 Å². The van der Waals surface area contributed by atoms with Gasteiger partial charge in [-0.15, -0.1) is 0 Å². The molecular formula is C17H25ClN2. The zero-order valence-electron chi connectivity index (χ0n) is 12.5. The Labute approximate surface area is 127 Å². The van der Waals surface area contributed by atoms with E-state index in [2.05, 4.69) is 36.4 Å². The normalized spacial score (nSPS) is 28.0. The van der Waals surface area contributed by atoms with Gasteiger partial charge in [-0.3, -0.25) is 0 Å². The molecule has 110 valence electrons. The van der Waals surface area contributed by atoms with Crippen molar-refractivity contribution in [1.29, 1.82) is 0 Å². The van der Waals surface area contributed by atoms with Gasteiger partial charge in [-0.2, -0.15) is 0 Å². The third-order valence-electron chi connectivity index (χ3n) is 5.44. The molecule has 0 unspecified atom stereocenters. The minimum Gasteiger partial charge on any atom is -0.312 e. The Balaban J connectivity index is 1.48. The second-order valence-electron chi connectivity index (χ2n) is 6.74. The average Bonchev–Trinajstić information content (AvgIpc) is 2.31. The van der Waals surface area contributed by atoms with Crippen LogP contribution in [-0.4, -0.2) is 37.1 Å². The van der Waals surface area contributed by atoms with Crippen LogP contribution < -0.4 is 5.32 Å². The monoisotopic (exact) mass is 292 g/mol. The van der Waals surface area contributed by atoms with Gasteiger partial charge >= 0.3 is 0 Å². The Bertz CT molecular complexity index is 462. The highest BCUT2D eigenvalue weighted by Gasteiger charge is 2.40. The molecule has 0 bridgehead atoms. The van der Waals surface area contributed by atoms with E-state index in [9.17, 15) is 0 Å². The third-order valence-corrected chi connectivity index (χ3v) is 5.78. The van der Waals surface area contributed by atoms with Gasteiger partial charge in [-0.25, -0.2) is 0 Å². The van der Waals surface area contributed by atoms with Gasteiger partial charge in [0, 0.05) is 23.1 Å². The molecule has 1 aromatic rings. The van der Waals surface area contributed by atoms with Crippen molar-refractivity contribution in [2.24, 2.45) is 0 Å². The van der Waals surface area contributed by atoms with Crippen LogP contribution in [0.3, 0.4) is 0 Å². The largest absolute Gasteiger partial charge is 0.312 e. The predicted molar refractivity (Wildman–Crippen MR) is 85.5 cm³/mol. The van der Waals surface area contributed by atoms with E-state index in [0.717, 1.165) is 11.6 Å². The summed E-state index contributed by atoms with van der Waals surface area (Å²) in [5.41, 5.74) is 1.76. The first-order chi connectivity index (χ1) is 9.61. The van der Waals surface area contributed by atoms with Crippen molar-refractivity contribution in [3.63, 3.8) is 0 Å². The minimum atomic E-state index is 0.426. The molecule has 0 atom stereocenters. The van der Waals surface area contributed by atoms with Gasteiger partial charge in [0.25, 0.3) is 0 Å². The fourth-order valence-corrected chi connectivity index (χ4v) is 3.84. The molecule has 1 aromatic carbocycles. The highest BCUT2D eigenvalue weighted by atomic mass is 35.5. The maximum absolute atomic E-state index is 6.28. The van der Waals surface area contributed by atoms with E-state index >= 15 is 0 Å². The standard InChI is InChI=1S/C17H25ClN2/c1-20(2)17(8-5-9-17)12-19-14-10-13(11-14)15-6-3-4-7-16(15)18/h3-4,6-7,13-14,19H,5,8-12H2,1-2H3. The zero-order valence-corrected chi connectivity index (χ0v) is 13.3. The van der Waals surface area contributed by atoms with E-state index in [1.165, 1.54) is 37.7 Å². The van der Waals surface area contributed by atoms with E-state index in [1.54, 1.807) is 0 Å². The molecule has 2 fully saturated rings. The second kappa shape index (κ2) is 5.67. The van der Waals surface area contributed by atoms with Crippen molar-refractivity contribution >= 4 is 11.6 Å². The molecule has 0 spiro atoms. The summed E-state index contributed by atoms with van der Waals surface area (Å²) >= 11 is 6.28. The molecule has 0 aliphatic heterocycles. The van der Waals surface area contributed by atoms with Crippen molar-refractivity contribution in [1.82, 2.24) is 10.2 Å². The van der Waals surface area contributed by atoms with Crippen molar-refractivity contribution < 1.29 is 0 Å². The molecule has 2 nitrogen and oxygen atoms in total. The predicted octanol–water partition coefficient (Wildman–Crippen LogP) is 3.66. The lowest BCUT2D eigenvalue weighted by molar-refractivity contribution is 0.0524. The second-order valence-corrected chi connectivity index (χ2v) is 7.15. The van der Waals surface area contributed by atoms with Crippen LogP contribution in [0.1, 0.15) is 43.6 Å². The number of hydrogen-bond acceptors (Lipinski definition) is 2. The van der Waals surface area contributed by atoms with E-state index < -0.39 is 0 Å². The summed E-state index contributed by atoms with van der Waals surface area (Å²) in [4.78, 5) is 2.41. The summed E-state index contributed by atoms with van der Waals surface area (Å²) in [5, 5.41) is 4.71. The number of benzene rings is 1. The van der Waals surface area contributed by atoms with Gasteiger partial charge in [0.1, 0.15) is 0 Å². The summed E-state index contributed by atoms with van der Waals surface area (Å²) in [7, 11) is 4.43. The smallest absolute Gasteiger partial charge is 0.0440 e. The maximum atomic E-state index is 6.28. The van der Waals surface area contributed by atoms with Gasteiger partial charge in [-0.1, -0.05) is 29.8 Å². The van der Waals surface area contributed by atoms with Crippen molar-refractivity contribution in [2.45, 2.75) is 49.6 Å². The molecule has 1 N–H and O–H groups in total. The summed E-state index contributed by atoms with van der Waals surface area (Å²) in [5.74, 6) is 0.651. The Hall–Kier alpha value is -0.570. The molecule has 2 aliphatic rings. The molecular weight excluding hydrogens is 268 g/mol. The molecule has 20 heavy (non-hydrogen) atoms. The van der Waals surface area contributed by atoms with E-state index in [0.29, 0.717) is 17.5 Å². The van der Waals surface area contributed by atoms with Crippen LogP contribution in [0.5, 0.6) is 0 Å². The number of rotatable bonds is 5. The van der Waals surface area contributed by atoms with Crippen LogP contribution in [-0.2, 0) is 0 Å². The Morgan fingerprint density at radius 1 is 1.25 bits per heavy atom. The lowest BCUT2D eigenvalue weighted by atomic mass is 9.73. The highest BCUT2D eigenvalue weighted by Crippen LogP contribution is 2.41. The van der Waals surface area contributed by atoms with Gasteiger partial charge < -0.3 is 10.2 Å². The fourth-order valence-electron chi connectivity index (χ4n) is 3.55. The lowest BCUT2D eigenvalue weighted by Gasteiger charge is -2.49. The Morgan fingerprint density at radius 3 is 2.50 bits per heavy atom. The molecule has 0 amide bonds. The Kier molecular flexibility index (Phi) is 4.07. The fraction of sp³-hybridized carbons (Fsp3) is 0.647. The molecule has 0 radical (unpaired) electrons. The van der Waals surface area contributed by atoms with Gasteiger partial charge in [0.05, 0.1) is 0 Å². The van der Waals surface area contributed by atoms with E-state index in [4.69, 9.17) is 11.6 Å². The molecule has 0 saturated heterocycles. The molecule has 2 aliphatic carbocycles. The first-order valence-corrected chi connectivity index (χ1v) is 8.14. The van der Waals surface area contributed by atoms with Crippen LogP contribution in [0.25, 0.3) is 0 Å². The summed E-state index contributed by atoms with van der Waals surface area (Å²) in [6.07, 6.45) is 6.52. The minimum absolute atomic E-state index is 0.426. The van der Waals surface area contributed by atoms with Crippen molar-refractivity contribution in [2.75, 3.05) is 20.6 Å². The zero-order chi connectivity index (χ0) is 14.2. The molecule has 3 heteroatoms. The number of nitrogens with one attached hydrogen (secondary N) is 1. The van der Waals surface area contributed by atoms with Crippen LogP contribution in [0.2, 0.25) is 5.02 Å². The molecule has 3 rings (SSSR count). The topological polar surface area (TPSA) is 15.3 Å². The first kappa shape index (κ1) is 14.4. The summed E-state index contributed by atoms with van der Waals surface area (Å²) in [6.45, 7) is 1.14. The van der Waals surface area contributed by atoms with Gasteiger partial charge in [-0.05, 0) is 63.7 Å².